The second-order valence-electron chi connectivity index (χ2n) is 7.89. The Kier molecular flexibility index (Phi) is 8.30. The Hall–Kier alpha value is -2.12. The van der Waals surface area contributed by atoms with E-state index >= 15 is 0 Å². The molecule has 2 aromatic heterocycles. The zero-order valence-electron chi connectivity index (χ0n) is 18.8. The molecule has 3 N–H and O–H groups in total. The van der Waals surface area contributed by atoms with E-state index in [1.807, 2.05) is 6.92 Å². The molecule has 1 aromatic carbocycles. The van der Waals surface area contributed by atoms with Crippen molar-refractivity contribution in [1.29, 1.82) is 0 Å². The van der Waals surface area contributed by atoms with Crippen LogP contribution >= 0.6 is 27.5 Å². The van der Waals surface area contributed by atoms with Gasteiger partial charge in [-0.1, -0.05) is 22.3 Å². The van der Waals surface area contributed by atoms with Gasteiger partial charge in [0.1, 0.15) is 10.7 Å². The molecule has 0 aliphatic carbocycles. The number of hydrogen-bond donors (Lipinski definition) is 3. The molecule has 0 saturated heterocycles. The Labute approximate surface area is 214 Å². The number of rotatable bonds is 8. The van der Waals surface area contributed by atoms with Crippen LogP contribution in [-0.2, 0) is 20.7 Å². The van der Waals surface area contributed by atoms with Crippen molar-refractivity contribution in [2.45, 2.75) is 42.2 Å². The van der Waals surface area contributed by atoms with Gasteiger partial charge < -0.3 is 15.7 Å². The fourth-order valence-electron chi connectivity index (χ4n) is 2.56. The first-order chi connectivity index (χ1) is 15.9. The lowest BCUT2D eigenvalue weighted by atomic mass is 10.0. The van der Waals surface area contributed by atoms with Crippen molar-refractivity contribution in [3.63, 3.8) is 0 Å². The number of anilines is 3. The average Bonchev–Trinajstić information content (AvgIpc) is 2.75. The van der Waals surface area contributed by atoms with Crippen LogP contribution in [0.1, 0.15) is 20.8 Å². The van der Waals surface area contributed by atoms with E-state index in [0.29, 0.717) is 21.9 Å². The second-order valence-corrected chi connectivity index (χ2v) is 12.6. The van der Waals surface area contributed by atoms with Gasteiger partial charge in [-0.05, 0) is 73.3 Å². The first-order valence-electron chi connectivity index (χ1n) is 9.99. The number of pyridine rings is 1. The number of aliphatic hydroxyl groups is 1. The number of aromatic nitrogens is 3. The van der Waals surface area contributed by atoms with Crippen LogP contribution in [0, 0.1) is 0 Å². The van der Waals surface area contributed by atoms with Gasteiger partial charge >= 0.3 is 0 Å². The lowest BCUT2D eigenvalue weighted by Crippen LogP contribution is -2.39. The Morgan fingerprint density at radius 1 is 1.21 bits per heavy atom. The van der Waals surface area contributed by atoms with Gasteiger partial charge in [0.05, 0.1) is 21.1 Å². The quantitative estimate of drug-likeness (QED) is 0.343. The normalized spacial score (nSPS) is 14.0. The standard InChI is InChI=1S/C21H24BrClN6O3S2/c1-13(21(2,3)30)26-19-16(22)11-25-20(28-19)27-14-5-7-15(8-6-14)33(4)29-34(31,32)18-12-24-10-9-17(18)23/h5-13,30H,1-4H3,(H2,25,26,27,28)/t13-,33+/m1/s1. The lowest BCUT2D eigenvalue weighted by Gasteiger charge is -2.27. The van der Waals surface area contributed by atoms with Crippen LogP contribution in [0.15, 0.2) is 67.0 Å². The van der Waals surface area contributed by atoms with Crippen molar-refractivity contribution in [3.8, 4) is 0 Å². The number of halogens is 2. The van der Waals surface area contributed by atoms with Gasteiger partial charge in [0.25, 0.3) is 10.0 Å². The van der Waals surface area contributed by atoms with Gasteiger partial charge in [0.2, 0.25) is 5.95 Å². The number of sulfonamides is 1. The maximum absolute atomic E-state index is 12.6. The van der Waals surface area contributed by atoms with Gasteiger partial charge in [-0.25, -0.2) is 4.98 Å². The van der Waals surface area contributed by atoms with Crippen LogP contribution in [-0.4, -0.2) is 46.4 Å². The number of nitrogens with one attached hydrogen (secondary N) is 2. The summed E-state index contributed by atoms with van der Waals surface area (Å²) in [5.41, 5.74) is -0.227. The van der Waals surface area contributed by atoms with Gasteiger partial charge in [0, 0.05) is 29.2 Å². The summed E-state index contributed by atoms with van der Waals surface area (Å²) >= 11 is 9.40. The molecule has 0 saturated carbocycles. The van der Waals surface area contributed by atoms with E-state index in [4.69, 9.17) is 11.6 Å². The Morgan fingerprint density at radius 3 is 2.50 bits per heavy atom. The molecule has 9 nitrogen and oxygen atoms in total. The smallest absolute Gasteiger partial charge is 0.291 e. The molecular formula is C21H24BrClN6O3S2. The zero-order valence-corrected chi connectivity index (χ0v) is 22.8. The highest BCUT2D eigenvalue weighted by molar-refractivity contribution is 9.10. The van der Waals surface area contributed by atoms with Gasteiger partial charge in [-0.15, -0.1) is 3.77 Å². The fourth-order valence-corrected chi connectivity index (χ4v) is 6.14. The monoisotopic (exact) mass is 586 g/mol. The van der Waals surface area contributed by atoms with E-state index < -0.39 is 26.3 Å². The van der Waals surface area contributed by atoms with Crippen LogP contribution in [0.25, 0.3) is 0 Å². The molecule has 2 atom stereocenters. The molecule has 0 aliphatic rings. The molecule has 182 valence electrons. The molecule has 3 aromatic rings. The summed E-state index contributed by atoms with van der Waals surface area (Å²) in [6.45, 7) is 5.28. The predicted molar refractivity (Wildman–Crippen MR) is 139 cm³/mol. The van der Waals surface area contributed by atoms with Crippen LogP contribution in [0.2, 0.25) is 5.02 Å². The minimum Gasteiger partial charge on any atom is -0.388 e. The summed E-state index contributed by atoms with van der Waals surface area (Å²) in [5, 5.41) is 16.5. The molecule has 2 heterocycles. The maximum atomic E-state index is 12.6. The summed E-state index contributed by atoms with van der Waals surface area (Å²) in [6.07, 6.45) is 5.93. The largest absolute Gasteiger partial charge is 0.388 e. The van der Waals surface area contributed by atoms with E-state index in [1.54, 1.807) is 50.6 Å². The van der Waals surface area contributed by atoms with Crippen LogP contribution in [0.3, 0.4) is 0 Å². The van der Waals surface area contributed by atoms with Crippen molar-refractivity contribution < 1.29 is 13.5 Å². The minimum atomic E-state index is -3.95. The number of hydrogen-bond acceptors (Lipinski definition) is 8. The molecule has 13 heteroatoms. The Morgan fingerprint density at radius 2 is 1.88 bits per heavy atom. The maximum Gasteiger partial charge on any atom is 0.291 e. The average molecular weight is 588 g/mol. The number of benzene rings is 1. The van der Waals surface area contributed by atoms with Crippen molar-refractivity contribution in [2.24, 2.45) is 3.77 Å². The Balaban J connectivity index is 1.77. The topological polar surface area (TPSA) is 129 Å². The lowest BCUT2D eigenvalue weighted by molar-refractivity contribution is 0.0647. The molecule has 3 rings (SSSR count). The molecule has 0 fully saturated rings. The molecule has 0 spiro atoms. The van der Waals surface area contributed by atoms with Crippen molar-refractivity contribution in [3.05, 3.63) is 58.4 Å². The molecule has 0 aliphatic heterocycles. The highest BCUT2D eigenvalue weighted by Crippen LogP contribution is 2.26. The van der Waals surface area contributed by atoms with Gasteiger partial charge in [0.15, 0.2) is 0 Å². The molecular weight excluding hydrogens is 564 g/mol. The van der Waals surface area contributed by atoms with E-state index in [9.17, 15) is 13.5 Å². The van der Waals surface area contributed by atoms with E-state index in [1.165, 1.54) is 18.5 Å². The van der Waals surface area contributed by atoms with Crippen LogP contribution in [0.4, 0.5) is 17.5 Å². The van der Waals surface area contributed by atoms with Gasteiger partial charge in [-0.3, -0.25) is 4.98 Å². The van der Waals surface area contributed by atoms with Crippen LogP contribution < -0.4 is 10.6 Å². The molecule has 0 radical (unpaired) electrons. The molecule has 34 heavy (non-hydrogen) atoms. The second kappa shape index (κ2) is 10.6. The van der Waals surface area contributed by atoms with Crippen molar-refractivity contribution in [1.82, 2.24) is 15.0 Å². The SMILES string of the molecule is C[C@@H](Nc1nc(Nc2ccc([S@](C)=NS(=O)(=O)c3cnccc3Cl)cc2)ncc1Br)C(C)(C)O. The third kappa shape index (κ3) is 6.72. The summed E-state index contributed by atoms with van der Waals surface area (Å²) in [4.78, 5) is 13.2. The molecule has 0 bridgehead atoms. The summed E-state index contributed by atoms with van der Waals surface area (Å²) in [5.74, 6) is 0.896. The third-order valence-electron chi connectivity index (χ3n) is 4.83. The zero-order chi connectivity index (χ0) is 25.1. The highest BCUT2D eigenvalue weighted by Gasteiger charge is 2.23. The van der Waals surface area contributed by atoms with E-state index in [2.05, 4.69) is 45.3 Å². The summed E-state index contributed by atoms with van der Waals surface area (Å²) in [7, 11) is -4.89. The Bertz CT molecular complexity index is 1310. The summed E-state index contributed by atoms with van der Waals surface area (Å²) < 4.78 is 29.9. The van der Waals surface area contributed by atoms with Gasteiger partial charge in [-0.2, -0.15) is 13.4 Å². The summed E-state index contributed by atoms with van der Waals surface area (Å²) in [6, 6.07) is 8.29. The molecule has 0 unspecified atom stereocenters. The highest BCUT2D eigenvalue weighted by atomic mass is 79.9. The fraction of sp³-hybridized carbons (Fsp3) is 0.286. The minimum absolute atomic E-state index is 0.0793. The third-order valence-corrected chi connectivity index (χ3v) is 9.37. The van der Waals surface area contributed by atoms with Crippen molar-refractivity contribution in [2.75, 3.05) is 16.9 Å². The van der Waals surface area contributed by atoms with E-state index in [0.717, 1.165) is 4.90 Å². The van der Waals surface area contributed by atoms with E-state index in [-0.39, 0.29) is 16.0 Å². The first kappa shape index (κ1) is 26.5. The van der Waals surface area contributed by atoms with Crippen molar-refractivity contribution >= 4 is 65.7 Å². The predicted octanol–water partition coefficient (Wildman–Crippen LogP) is 4.78. The van der Waals surface area contributed by atoms with Crippen LogP contribution in [0.5, 0.6) is 0 Å². The first-order valence-corrected chi connectivity index (χ1v) is 14.2. The molecule has 0 amide bonds. The number of nitrogens with zero attached hydrogens (tertiary/aromatic N) is 4.